The fraction of sp³-hybridized carbons (Fsp3) is 0.286. The zero-order chi connectivity index (χ0) is 13.7. The maximum Gasteiger partial charge on any atom is 0.157 e. The van der Waals surface area contributed by atoms with Crippen molar-refractivity contribution in [3.8, 4) is 11.3 Å². The highest BCUT2D eigenvalue weighted by Gasteiger charge is 2.11. The largest absolute Gasteiger partial charge is 0.383 e. The van der Waals surface area contributed by atoms with E-state index < -0.39 is 0 Å². The molecule has 4 nitrogen and oxygen atoms in total. The lowest BCUT2D eigenvalue weighted by Crippen LogP contribution is -2.05. The van der Waals surface area contributed by atoms with Crippen molar-refractivity contribution in [2.24, 2.45) is 0 Å². The number of nitrogen functional groups attached to an aromatic ring is 1. The average Bonchev–Trinajstić information content (AvgIpc) is 2.44. The van der Waals surface area contributed by atoms with Crippen LogP contribution in [0, 0.1) is 0 Å². The summed E-state index contributed by atoms with van der Waals surface area (Å²) in [6.45, 7) is 3.14. The second-order valence-electron chi connectivity index (χ2n) is 4.11. The van der Waals surface area contributed by atoms with Gasteiger partial charge in [-0.2, -0.15) is 0 Å². The third kappa shape index (κ3) is 3.52. The molecule has 1 aromatic carbocycles. The predicted octanol–water partition coefficient (Wildman–Crippen LogP) is 3.41. The van der Waals surface area contributed by atoms with Gasteiger partial charge in [-0.25, -0.2) is 9.97 Å². The molecule has 0 aliphatic heterocycles. The zero-order valence-corrected chi connectivity index (χ0v) is 12.4. The van der Waals surface area contributed by atoms with E-state index in [-0.39, 0.29) is 0 Å². The maximum absolute atomic E-state index is 5.91. The van der Waals surface area contributed by atoms with Gasteiger partial charge in [0.1, 0.15) is 12.4 Å². The Kier molecular flexibility index (Phi) is 4.87. The lowest BCUT2D eigenvalue weighted by Gasteiger charge is -2.09. The molecule has 0 fully saturated rings. The van der Waals surface area contributed by atoms with E-state index in [1.165, 1.54) is 0 Å². The van der Waals surface area contributed by atoms with E-state index in [0.717, 1.165) is 22.2 Å². The van der Waals surface area contributed by atoms with Crippen LogP contribution in [-0.2, 0) is 11.3 Å². The molecule has 19 heavy (non-hydrogen) atoms. The van der Waals surface area contributed by atoms with E-state index >= 15 is 0 Å². The molecule has 2 N–H and O–H groups in total. The van der Waals surface area contributed by atoms with Crippen molar-refractivity contribution in [1.82, 2.24) is 9.97 Å². The molecule has 100 valence electrons. The predicted molar refractivity (Wildman–Crippen MR) is 79.5 cm³/mol. The molecule has 5 heteroatoms. The first-order valence-electron chi connectivity index (χ1n) is 6.17. The lowest BCUT2D eigenvalue weighted by atomic mass is 10.1. The van der Waals surface area contributed by atoms with Crippen molar-refractivity contribution in [3.63, 3.8) is 0 Å². The molecule has 0 radical (unpaired) electrons. The van der Waals surface area contributed by atoms with E-state index in [0.29, 0.717) is 24.9 Å². The molecule has 0 aliphatic carbocycles. The van der Waals surface area contributed by atoms with Crippen LogP contribution in [0.5, 0.6) is 0 Å². The van der Waals surface area contributed by atoms with Gasteiger partial charge in [-0.3, -0.25) is 0 Å². The summed E-state index contributed by atoms with van der Waals surface area (Å²) >= 11 is 3.44. The summed E-state index contributed by atoms with van der Waals surface area (Å²) in [5, 5.41) is 0. The van der Waals surface area contributed by atoms with Gasteiger partial charge in [-0.15, -0.1) is 0 Å². The number of halogens is 1. The first-order chi connectivity index (χ1) is 9.22. The molecule has 2 rings (SSSR count). The standard InChI is InChI=1S/C14H16BrN3O/c1-2-8-19-9-11-17-13(12(15)14(16)18-11)10-6-4-3-5-7-10/h3-7H,2,8-9H2,1H3,(H2,16,17,18). The molecule has 0 spiro atoms. The fourth-order valence-corrected chi connectivity index (χ4v) is 2.08. The van der Waals surface area contributed by atoms with E-state index in [1.807, 2.05) is 30.3 Å². The van der Waals surface area contributed by atoms with Gasteiger partial charge in [-0.05, 0) is 22.4 Å². The highest BCUT2D eigenvalue weighted by Crippen LogP contribution is 2.29. The van der Waals surface area contributed by atoms with Crippen LogP contribution in [0.1, 0.15) is 19.2 Å². The molecule has 0 atom stereocenters. The Morgan fingerprint density at radius 1 is 1.21 bits per heavy atom. The van der Waals surface area contributed by atoms with Crippen LogP contribution in [-0.4, -0.2) is 16.6 Å². The minimum Gasteiger partial charge on any atom is -0.383 e. The molecule has 0 aliphatic rings. The number of hydrogen-bond acceptors (Lipinski definition) is 4. The van der Waals surface area contributed by atoms with Gasteiger partial charge in [0.05, 0.1) is 10.2 Å². The number of benzene rings is 1. The van der Waals surface area contributed by atoms with Crippen LogP contribution < -0.4 is 5.73 Å². The van der Waals surface area contributed by atoms with Crippen LogP contribution in [0.3, 0.4) is 0 Å². The molecule has 0 saturated carbocycles. The maximum atomic E-state index is 5.91. The molecule has 2 aromatic rings. The van der Waals surface area contributed by atoms with Crippen molar-refractivity contribution in [2.45, 2.75) is 20.0 Å². The van der Waals surface area contributed by atoms with Crippen molar-refractivity contribution < 1.29 is 4.74 Å². The third-order valence-electron chi connectivity index (χ3n) is 2.55. The minimum atomic E-state index is 0.380. The van der Waals surface area contributed by atoms with Crippen molar-refractivity contribution in [2.75, 3.05) is 12.3 Å². The van der Waals surface area contributed by atoms with Crippen LogP contribution in [0.2, 0.25) is 0 Å². The summed E-state index contributed by atoms with van der Waals surface area (Å²) in [6.07, 6.45) is 0.970. The molecule has 1 aromatic heterocycles. The number of rotatable bonds is 5. The van der Waals surface area contributed by atoms with Gasteiger partial charge in [0.25, 0.3) is 0 Å². The number of aromatic nitrogens is 2. The Morgan fingerprint density at radius 2 is 1.95 bits per heavy atom. The van der Waals surface area contributed by atoms with Crippen molar-refractivity contribution in [3.05, 3.63) is 40.6 Å². The molecular formula is C14H16BrN3O. The van der Waals surface area contributed by atoms with Gasteiger partial charge >= 0.3 is 0 Å². The second-order valence-corrected chi connectivity index (χ2v) is 4.90. The Balaban J connectivity index is 2.32. The number of hydrogen-bond donors (Lipinski definition) is 1. The Labute approximate surface area is 121 Å². The number of anilines is 1. The topological polar surface area (TPSA) is 61.0 Å². The van der Waals surface area contributed by atoms with Gasteiger partial charge in [0, 0.05) is 12.2 Å². The molecule has 0 bridgehead atoms. The molecule has 1 heterocycles. The Morgan fingerprint density at radius 3 is 2.63 bits per heavy atom. The number of ether oxygens (including phenoxy) is 1. The van der Waals surface area contributed by atoms with E-state index in [9.17, 15) is 0 Å². The van der Waals surface area contributed by atoms with E-state index in [4.69, 9.17) is 10.5 Å². The summed E-state index contributed by atoms with van der Waals surface area (Å²) in [7, 11) is 0. The molecular weight excluding hydrogens is 306 g/mol. The summed E-state index contributed by atoms with van der Waals surface area (Å²) in [4.78, 5) is 8.74. The first kappa shape index (κ1) is 14.0. The van der Waals surface area contributed by atoms with Crippen LogP contribution in [0.15, 0.2) is 34.8 Å². The number of nitrogens with two attached hydrogens (primary N) is 1. The van der Waals surface area contributed by atoms with Crippen LogP contribution in [0.4, 0.5) is 5.82 Å². The summed E-state index contributed by atoms with van der Waals surface area (Å²) < 4.78 is 6.18. The SMILES string of the molecule is CCCOCc1nc(N)c(Br)c(-c2ccccc2)n1. The van der Waals surface area contributed by atoms with Gasteiger partial charge in [0.2, 0.25) is 0 Å². The average molecular weight is 322 g/mol. The summed E-state index contributed by atoms with van der Waals surface area (Å²) in [5.74, 6) is 1.04. The van der Waals surface area contributed by atoms with Crippen LogP contribution >= 0.6 is 15.9 Å². The van der Waals surface area contributed by atoms with E-state index in [1.54, 1.807) is 0 Å². The molecule has 0 unspecified atom stereocenters. The smallest absolute Gasteiger partial charge is 0.157 e. The lowest BCUT2D eigenvalue weighted by molar-refractivity contribution is 0.116. The highest BCUT2D eigenvalue weighted by atomic mass is 79.9. The third-order valence-corrected chi connectivity index (χ3v) is 3.33. The normalized spacial score (nSPS) is 10.6. The molecule has 0 saturated heterocycles. The van der Waals surface area contributed by atoms with E-state index in [2.05, 4.69) is 32.8 Å². The number of nitrogens with zero attached hydrogens (tertiary/aromatic N) is 2. The summed E-state index contributed by atoms with van der Waals surface area (Å²) in [6, 6.07) is 9.88. The van der Waals surface area contributed by atoms with Crippen LogP contribution in [0.25, 0.3) is 11.3 Å². The second kappa shape index (κ2) is 6.63. The fourth-order valence-electron chi connectivity index (χ4n) is 1.67. The quantitative estimate of drug-likeness (QED) is 0.857. The monoisotopic (exact) mass is 321 g/mol. The van der Waals surface area contributed by atoms with Crippen molar-refractivity contribution in [1.29, 1.82) is 0 Å². The molecule has 0 amide bonds. The van der Waals surface area contributed by atoms with Gasteiger partial charge in [-0.1, -0.05) is 37.3 Å². The first-order valence-corrected chi connectivity index (χ1v) is 6.96. The Bertz CT molecular complexity index is 546. The van der Waals surface area contributed by atoms with Crippen molar-refractivity contribution >= 4 is 21.7 Å². The Hall–Kier alpha value is -1.46. The van der Waals surface area contributed by atoms with Gasteiger partial charge < -0.3 is 10.5 Å². The van der Waals surface area contributed by atoms with Gasteiger partial charge in [0.15, 0.2) is 5.82 Å². The minimum absolute atomic E-state index is 0.380. The summed E-state index contributed by atoms with van der Waals surface area (Å²) in [5.41, 5.74) is 7.70. The highest BCUT2D eigenvalue weighted by molar-refractivity contribution is 9.10. The zero-order valence-electron chi connectivity index (χ0n) is 10.8.